The topological polar surface area (TPSA) is 58.6 Å². The molecule has 2 N–H and O–H groups in total. The maximum absolute atomic E-state index is 12.7. The van der Waals surface area contributed by atoms with Gasteiger partial charge in [-0.1, -0.05) is 48.0 Å². The maximum Gasteiger partial charge on any atom is 0.255 e. The van der Waals surface area contributed by atoms with Gasteiger partial charge in [-0.3, -0.25) is 4.79 Å². The van der Waals surface area contributed by atoms with Gasteiger partial charge in [-0.25, -0.2) is 0 Å². The van der Waals surface area contributed by atoms with E-state index in [0.29, 0.717) is 39.8 Å². The van der Waals surface area contributed by atoms with E-state index in [0.717, 1.165) is 0 Å². The number of carbonyl (C=O) groups is 1. The van der Waals surface area contributed by atoms with Crippen molar-refractivity contribution in [2.24, 2.45) is 0 Å². The lowest BCUT2D eigenvalue weighted by Gasteiger charge is -2.17. The van der Waals surface area contributed by atoms with Crippen LogP contribution in [0.25, 0.3) is 0 Å². The number of aliphatic hydroxyl groups is 1. The Kier molecular flexibility index (Phi) is 6.12. The van der Waals surface area contributed by atoms with Gasteiger partial charge in [0.1, 0.15) is 11.9 Å². The third-order valence-electron chi connectivity index (χ3n) is 4.08. The summed E-state index contributed by atoms with van der Waals surface area (Å²) in [5.74, 6) is 0.339. The van der Waals surface area contributed by atoms with Gasteiger partial charge in [-0.15, -0.1) is 0 Å². The average molecular weight is 382 g/mol. The molecule has 138 valence electrons. The summed E-state index contributed by atoms with van der Waals surface area (Å²) < 4.78 is 5.44. The number of amides is 1. The minimum absolute atomic E-state index is 0.291. The quantitative estimate of drug-likeness (QED) is 0.626. The highest BCUT2D eigenvalue weighted by molar-refractivity contribution is 6.30. The number of benzene rings is 3. The van der Waals surface area contributed by atoms with E-state index in [1.807, 2.05) is 37.3 Å². The molecular formula is C22H20ClNO3. The van der Waals surface area contributed by atoms with Gasteiger partial charge in [-0.05, 0) is 48.9 Å². The Hall–Kier alpha value is -2.82. The van der Waals surface area contributed by atoms with Gasteiger partial charge in [0.05, 0.1) is 6.61 Å². The van der Waals surface area contributed by atoms with Crippen molar-refractivity contribution < 1.29 is 14.6 Å². The number of halogens is 1. The van der Waals surface area contributed by atoms with E-state index in [9.17, 15) is 9.90 Å². The molecule has 0 radical (unpaired) electrons. The minimum Gasteiger partial charge on any atom is -0.494 e. The lowest BCUT2D eigenvalue weighted by Crippen LogP contribution is -2.15. The van der Waals surface area contributed by atoms with Crippen molar-refractivity contribution >= 4 is 23.2 Å². The number of anilines is 1. The highest BCUT2D eigenvalue weighted by Gasteiger charge is 2.17. The Balaban J connectivity index is 1.89. The molecule has 0 fully saturated rings. The van der Waals surface area contributed by atoms with Gasteiger partial charge in [0.25, 0.3) is 5.91 Å². The largest absolute Gasteiger partial charge is 0.494 e. The van der Waals surface area contributed by atoms with E-state index in [-0.39, 0.29) is 5.91 Å². The number of nitrogens with one attached hydrogen (secondary N) is 1. The van der Waals surface area contributed by atoms with E-state index >= 15 is 0 Å². The summed E-state index contributed by atoms with van der Waals surface area (Å²) in [5.41, 5.74) is 2.22. The monoisotopic (exact) mass is 381 g/mol. The fourth-order valence-corrected chi connectivity index (χ4v) is 2.96. The van der Waals surface area contributed by atoms with Crippen molar-refractivity contribution in [3.63, 3.8) is 0 Å². The van der Waals surface area contributed by atoms with Crippen LogP contribution in [-0.4, -0.2) is 17.6 Å². The first kappa shape index (κ1) is 19.0. The molecule has 3 aromatic rings. The van der Waals surface area contributed by atoms with Crippen molar-refractivity contribution in [2.75, 3.05) is 11.9 Å². The molecule has 3 aromatic carbocycles. The molecule has 1 amide bonds. The molecular weight excluding hydrogens is 362 g/mol. The Bertz CT molecular complexity index is 928. The van der Waals surface area contributed by atoms with Crippen LogP contribution in [0.5, 0.6) is 5.75 Å². The molecule has 5 heteroatoms. The fraction of sp³-hybridized carbons (Fsp3) is 0.136. The van der Waals surface area contributed by atoms with Crippen LogP contribution in [0.1, 0.15) is 34.5 Å². The highest BCUT2D eigenvalue weighted by Crippen LogP contribution is 2.31. The van der Waals surface area contributed by atoms with Crippen molar-refractivity contribution in [3.8, 4) is 5.75 Å². The predicted octanol–water partition coefficient (Wildman–Crippen LogP) is 5.07. The second-order valence-corrected chi connectivity index (χ2v) is 6.40. The van der Waals surface area contributed by atoms with Crippen LogP contribution in [0, 0.1) is 0 Å². The molecule has 0 aromatic heterocycles. The molecule has 4 nitrogen and oxygen atoms in total. The molecule has 0 saturated carbocycles. The number of hydrogen-bond donors (Lipinski definition) is 2. The van der Waals surface area contributed by atoms with Crippen molar-refractivity contribution in [3.05, 3.63) is 94.5 Å². The fourth-order valence-electron chi connectivity index (χ4n) is 2.78. The standard InChI is InChI=1S/C22H20ClNO3/c1-2-27-18-10-6-9-16(13-18)22(26)24-20-12-11-17(23)14-19(20)21(25)15-7-4-3-5-8-15/h3-14,21,25H,2H2,1H3,(H,24,26). The van der Waals surface area contributed by atoms with E-state index in [4.69, 9.17) is 16.3 Å². The Morgan fingerprint density at radius 3 is 2.59 bits per heavy atom. The van der Waals surface area contributed by atoms with Crippen molar-refractivity contribution in [2.45, 2.75) is 13.0 Å². The normalized spacial score (nSPS) is 11.7. The molecule has 1 unspecified atom stereocenters. The average Bonchev–Trinajstić information content (AvgIpc) is 2.70. The highest BCUT2D eigenvalue weighted by atomic mass is 35.5. The smallest absolute Gasteiger partial charge is 0.255 e. The van der Waals surface area contributed by atoms with Gasteiger partial charge in [0.15, 0.2) is 0 Å². The van der Waals surface area contributed by atoms with Crippen LogP contribution < -0.4 is 10.1 Å². The van der Waals surface area contributed by atoms with E-state index in [1.165, 1.54) is 0 Å². The number of ether oxygens (including phenoxy) is 1. The Labute approximate surface area is 163 Å². The van der Waals surface area contributed by atoms with Gasteiger partial charge >= 0.3 is 0 Å². The van der Waals surface area contributed by atoms with Crippen LogP contribution in [0.4, 0.5) is 5.69 Å². The zero-order valence-corrected chi connectivity index (χ0v) is 15.6. The summed E-state index contributed by atoms with van der Waals surface area (Å²) in [6.07, 6.45) is -0.907. The first-order valence-corrected chi connectivity index (χ1v) is 9.03. The number of hydrogen-bond acceptors (Lipinski definition) is 3. The first-order valence-electron chi connectivity index (χ1n) is 8.65. The van der Waals surface area contributed by atoms with Crippen molar-refractivity contribution in [1.82, 2.24) is 0 Å². The van der Waals surface area contributed by atoms with Crippen LogP contribution in [0.3, 0.4) is 0 Å². The first-order chi connectivity index (χ1) is 13.1. The molecule has 0 aliphatic rings. The van der Waals surface area contributed by atoms with E-state index in [2.05, 4.69) is 5.32 Å². The van der Waals surface area contributed by atoms with Crippen LogP contribution >= 0.6 is 11.6 Å². The van der Waals surface area contributed by atoms with Gasteiger partial charge in [0, 0.05) is 21.8 Å². The van der Waals surface area contributed by atoms with Crippen LogP contribution in [0.2, 0.25) is 5.02 Å². The summed E-state index contributed by atoms with van der Waals surface area (Å²) in [5, 5.41) is 14.1. The molecule has 27 heavy (non-hydrogen) atoms. The molecule has 1 atom stereocenters. The van der Waals surface area contributed by atoms with Gasteiger partial charge in [-0.2, -0.15) is 0 Å². The Morgan fingerprint density at radius 2 is 1.85 bits per heavy atom. The van der Waals surface area contributed by atoms with Gasteiger partial charge in [0.2, 0.25) is 0 Å². The van der Waals surface area contributed by atoms with Crippen LogP contribution in [-0.2, 0) is 0 Å². The second kappa shape index (κ2) is 8.71. The SMILES string of the molecule is CCOc1cccc(C(=O)Nc2ccc(Cl)cc2C(O)c2ccccc2)c1. The summed E-state index contributed by atoms with van der Waals surface area (Å²) in [4.78, 5) is 12.7. The third-order valence-corrected chi connectivity index (χ3v) is 4.31. The number of rotatable bonds is 6. The summed E-state index contributed by atoms with van der Waals surface area (Å²) in [7, 11) is 0. The molecule has 0 heterocycles. The zero-order chi connectivity index (χ0) is 19.2. The zero-order valence-electron chi connectivity index (χ0n) is 14.9. The Morgan fingerprint density at radius 1 is 1.07 bits per heavy atom. The number of aliphatic hydroxyl groups excluding tert-OH is 1. The summed E-state index contributed by atoms with van der Waals surface area (Å²) >= 11 is 6.12. The summed E-state index contributed by atoms with van der Waals surface area (Å²) in [6.45, 7) is 2.41. The third kappa shape index (κ3) is 4.67. The predicted molar refractivity (Wildman–Crippen MR) is 108 cm³/mol. The summed E-state index contributed by atoms with van der Waals surface area (Å²) in [6, 6.07) is 21.2. The molecule has 0 saturated heterocycles. The lowest BCUT2D eigenvalue weighted by atomic mass is 9.99. The van der Waals surface area contributed by atoms with Crippen LogP contribution in [0.15, 0.2) is 72.8 Å². The molecule has 0 aliphatic carbocycles. The van der Waals surface area contributed by atoms with E-state index < -0.39 is 6.10 Å². The van der Waals surface area contributed by atoms with Gasteiger partial charge < -0.3 is 15.2 Å². The van der Waals surface area contributed by atoms with Crippen molar-refractivity contribution in [1.29, 1.82) is 0 Å². The minimum atomic E-state index is -0.907. The lowest BCUT2D eigenvalue weighted by molar-refractivity contribution is 0.102. The second-order valence-electron chi connectivity index (χ2n) is 5.96. The molecule has 0 aliphatic heterocycles. The molecule has 0 bridgehead atoms. The number of carbonyl (C=O) groups excluding carboxylic acids is 1. The maximum atomic E-state index is 12.7. The molecule has 0 spiro atoms. The van der Waals surface area contributed by atoms with E-state index in [1.54, 1.807) is 42.5 Å². The molecule has 3 rings (SSSR count).